The number of ketones is 1. The van der Waals surface area contributed by atoms with Crippen LogP contribution in [0, 0.1) is 0 Å². The van der Waals surface area contributed by atoms with E-state index in [9.17, 15) is 4.79 Å². The topological polar surface area (TPSA) is 31.2 Å². The molecule has 0 bridgehead atoms. The van der Waals surface area contributed by atoms with Gasteiger partial charge in [-0.05, 0) is 12.5 Å². The third kappa shape index (κ3) is 5.68. The maximum absolute atomic E-state index is 11.7. The predicted octanol–water partition coefficient (Wildman–Crippen LogP) is 3.19. The maximum atomic E-state index is 11.7. The van der Waals surface area contributed by atoms with Crippen molar-refractivity contribution < 1.29 is 9.53 Å². The highest BCUT2D eigenvalue weighted by Gasteiger charge is 2.06. The van der Waals surface area contributed by atoms with Crippen LogP contribution in [-0.2, 0) is 11.8 Å². The van der Waals surface area contributed by atoms with E-state index >= 15 is 0 Å². The fourth-order valence-corrected chi connectivity index (χ4v) is 1.72. The van der Waals surface area contributed by atoms with Gasteiger partial charge in [0.05, 0.1) is 0 Å². The first-order valence-electron chi connectivity index (χ1n) is 6.47. The lowest BCUT2D eigenvalue weighted by Gasteiger charge is -2.02. The van der Waals surface area contributed by atoms with Crippen molar-refractivity contribution in [2.75, 3.05) is 13.2 Å². The van der Waals surface area contributed by atoms with Gasteiger partial charge in [-0.25, -0.2) is 0 Å². The molecule has 0 radical (unpaired) electrons. The zero-order valence-electron chi connectivity index (χ0n) is 10.9. The zero-order chi connectivity index (χ0) is 12.5. The molecular formula is C14H23NO2. The van der Waals surface area contributed by atoms with Gasteiger partial charge in [0.1, 0.15) is 6.61 Å². The third-order valence-corrected chi connectivity index (χ3v) is 2.78. The van der Waals surface area contributed by atoms with E-state index in [0.717, 1.165) is 12.0 Å². The van der Waals surface area contributed by atoms with Crippen LogP contribution in [0.4, 0.5) is 0 Å². The average molecular weight is 237 g/mol. The Balaban J connectivity index is 2.05. The van der Waals surface area contributed by atoms with Crippen molar-refractivity contribution in [3.63, 3.8) is 0 Å². The number of hydrogen-bond donors (Lipinski definition) is 0. The lowest BCUT2D eigenvalue weighted by Crippen LogP contribution is -2.09. The van der Waals surface area contributed by atoms with Gasteiger partial charge in [0.2, 0.25) is 0 Å². The summed E-state index contributed by atoms with van der Waals surface area (Å²) in [5, 5.41) is 0. The van der Waals surface area contributed by atoms with Crippen molar-refractivity contribution >= 4 is 5.78 Å². The largest absolute Gasteiger partial charge is 0.373 e. The Morgan fingerprint density at radius 3 is 2.71 bits per heavy atom. The van der Waals surface area contributed by atoms with Gasteiger partial charge in [-0.1, -0.05) is 32.6 Å². The van der Waals surface area contributed by atoms with E-state index < -0.39 is 0 Å². The molecule has 17 heavy (non-hydrogen) atoms. The Hall–Kier alpha value is -1.09. The number of Topliss-reactive ketones (excluding diaryl/α,β-unsaturated/α-hetero) is 1. The van der Waals surface area contributed by atoms with Gasteiger partial charge in [0, 0.05) is 31.6 Å². The molecule has 96 valence electrons. The number of carbonyl (C=O) groups is 1. The second kappa shape index (κ2) is 8.07. The summed E-state index contributed by atoms with van der Waals surface area (Å²) < 4.78 is 7.25. The summed E-state index contributed by atoms with van der Waals surface area (Å²) in [6, 6.07) is 1.83. The van der Waals surface area contributed by atoms with E-state index in [0.29, 0.717) is 6.61 Å². The highest BCUT2D eigenvalue weighted by molar-refractivity contribution is 5.96. The van der Waals surface area contributed by atoms with Gasteiger partial charge >= 0.3 is 0 Å². The normalized spacial score (nSPS) is 10.7. The van der Waals surface area contributed by atoms with Gasteiger partial charge in [-0.3, -0.25) is 4.79 Å². The van der Waals surface area contributed by atoms with Crippen molar-refractivity contribution in [2.45, 2.75) is 39.0 Å². The molecule has 0 aromatic carbocycles. The SMILES string of the molecule is CCCCCCCOCC(=O)c1ccn(C)c1. The molecule has 0 aliphatic heterocycles. The number of aryl methyl sites for hydroxylation is 1. The van der Waals surface area contributed by atoms with E-state index in [1.807, 2.05) is 30.1 Å². The van der Waals surface area contributed by atoms with E-state index in [1.165, 1.54) is 25.7 Å². The Labute approximate surface area is 104 Å². The predicted molar refractivity (Wildman–Crippen MR) is 69.3 cm³/mol. The molecule has 1 heterocycles. The second-order valence-electron chi connectivity index (χ2n) is 4.46. The van der Waals surface area contributed by atoms with Crippen molar-refractivity contribution in [3.05, 3.63) is 24.0 Å². The lowest BCUT2D eigenvalue weighted by molar-refractivity contribution is 0.0752. The monoisotopic (exact) mass is 237 g/mol. The summed E-state index contributed by atoms with van der Waals surface area (Å²) >= 11 is 0. The third-order valence-electron chi connectivity index (χ3n) is 2.78. The van der Waals surface area contributed by atoms with Crippen LogP contribution in [0.15, 0.2) is 18.5 Å². The van der Waals surface area contributed by atoms with Gasteiger partial charge in [-0.2, -0.15) is 0 Å². The van der Waals surface area contributed by atoms with Crippen molar-refractivity contribution in [3.8, 4) is 0 Å². The van der Waals surface area contributed by atoms with Crippen LogP contribution in [-0.4, -0.2) is 23.6 Å². The molecule has 1 aromatic rings. The van der Waals surface area contributed by atoms with Gasteiger partial charge in [-0.15, -0.1) is 0 Å². The summed E-state index contributed by atoms with van der Waals surface area (Å²) in [6.07, 6.45) is 9.78. The van der Waals surface area contributed by atoms with Gasteiger partial charge < -0.3 is 9.30 Å². The smallest absolute Gasteiger partial charge is 0.189 e. The maximum Gasteiger partial charge on any atom is 0.189 e. The Morgan fingerprint density at radius 1 is 1.29 bits per heavy atom. The van der Waals surface area contributed by atoms with Crippen LogP contribution < -0.4 is 0 Å². The molecule has 0 atom stereocenters. The first kappa shape index (κ1) is 14.0. The highest BCUT2D eigenvalue weighted by Crippen LogP contribution is 2.04. The van der Waals surface area contributed by atoms with Crippen LogP contribution in [0.2, 0.25) is 0 Å². The Kier molecular flexibility index (Phi) is 6.63. The van der Waals surface area contributed by atoms with E-state index in [4.69, 9.17) is 4.74 Å². The van der Waals surface area contributed by atoms with Crippen LogP contribution >= 0.6 is 0 Å². The minimum atomic E-state index is 0.0687. The minimum absolute atomic E-state index is 0.0687. The number of carbonyl (C=O) groups excluding carboxylic acids is 1. The molecule has 3 nitrogen and oxygen atoms in total. The summed E-state index contributed by atoms with van der Waals surface area (Å²) in [7, 11) is 1.91. The molecule has 1 rings (SSSR count). The van der Waals surface area contributed by atoms with Crippen molar-refractivity contribution in [1.29, 1.82) is 0 Å². The number of ether oxygens (including phenoxy) is 1. The second-order valence-corrected chi connectivity index (χ2v) is 4.46. The van der Waals surface area contributed by atoms with Crippen LogP contribution in [0.25, 0.3) is 0 Å². The number of hydrogen-bond acceptors (Lipinski definition) is 2. The minimum Gasteiger partial charge on any atom is -0.373 e. The Morgan fingerprint density at radius 2 is 2.06 bits per heavy atom. The summed E-state index contributed by atoms with van der Waals surface area (Å²) in [6.45, 7) is 3.11. The molecule has 0 unspecified atom stereocenters. The molecule has 0 aliphatic carbocycles. The molecule has 0 spiro atoms. The van der Waals surface area contributed by atoms with Crippen LogP contribution in [0.1, 0.15) is 49.4 Å². The molecule has 0 aliphatic rings. The van der Waals surface area contributed by atoms with E-state index in [1.54, 1.807) is 0 Å². The van der Waals surface area contributed by atoms with Crippen molar-refractivity contribution in [1.82, 2.24) is 4.57 Å². The molecule has 1 aromatic heterocycles. The van der Waals surface area contributed by atoms with Crippen LogP contribution in [0.5, 0.6) is 0 Å². The fraction of sp³-hybridized carbons (Fsp3) is 0.643. The standard InChI is InChI=1S/C14H23NO2/c1-3-4-5-6-7-10-17-12-14(16)13-8-9-15(2)11-13/h8-9,11H,3-7,10,12H2,1-2H3. The molecule has 3 heteroatoms. The van der Waals surface area contributed by atoms with E-state index in [-0.39, 0.29) is 12.4 Å². The molecule has 0 saturated carbocycles. The highest BCUT2D eigenvalue weighted by atomic mass is 16.5. The zero-order valence-corrected chi connectivity index (χ0v) is 10.9. The summed E-state index contributed by atoms with van der Waals surface area (Å²) in [5.74, 6) is 0.0687. The lowest BCUT2D eigenvalue weighted by atomic mass is 10.2. The number of aromatic nitrogens is 1. The number of nitrogens with zero attached hydrogens (tertiary/aromatic N) is 1. The van der Waals surface area contributed by atoms with Crippen molar-refractivity contribution in [2.24, 2.45) is 7.05 Å². The number of rotatable bonds is 9. The molecule has 0 saturated heterocycles. The Bertz CT molecular complexity index is 331. The fourth-order valence-electron chi connectivity index (χ4n) is 1.72. The summed E-state index contributed by atoms with van der Waals surface area (Å²) in [4.78, 5) is 11.7. The summed E-state index contributed by atoms with van der Waals surface area (Å²) in [5.41, 5.74) is 0.735. The van der Waals surface area contributed by atoms with E-state index in [2.05, 4.69) is 6.92 Å². The van der Waals surface area contributed by atoms with Gasteiger partial charge in [0.25, 0.3) is 0 Å². The first-order chi connectivity index (χ1) is 8.24. The average Bonchev–Trinajstić information content (AvgIpc) is 2.74. The molecule has 0 fully saturated rings. The molecule has 0 N–H and O–H groups in total. The molecule has 0 amide bonds. The molecular weight excluding hydrogens is 214 g/mol. The first-order valence-corrected chi connectivity index (χ1v) is 6.47. The quantitative estimate of drug-likeness (QED) is 0.488. The van der Waals surface area contributed by atoms with Gasteiger partial charge in [0.15, 0.2) is 5.78 Å². The number of unbranched alkanes of at least 4 members (excludes halogenated alkanes) is 4. The van der Waals surface area contributed by atoms with Crippen LogP contribution in [0.3, 0.4) is 0 Å².